The summed E-state index contributed by atoms with van der Waals surface area (Å²) in [7, 11) is 2.08. The number of likely N-dealkylation sites (N-methyl/N-ethyl adjacent to an activating group) is 1. The van der Waals surface area contributed by atoms with Crippen LogP contribution in [0.15, 0.2) is 24.8 Å². The van der Waals surface area contributed by atoms with Gasteiger partial charge < -0.3 is 19.4 Å². The molecule has 0 saturated carbocycles. The molecule has 1 aromatic heterocycles. The van der Waals surface area contributed by atoms with Gasteiger partial charge in [0, 0.05) is 31.1 Å². The number of ether oxygens (including phenoxy) is 1. The highest BCUT2D eigenvalue weighted by Crippen LogP contribution is 2.32. The SMILES string of the molecule is C=CC(=O)N1CCN(c2nc(OCC3CCCN3C)nc3cc(Cl)c(C#N)cc23)CC1CC#N. The lowest BCUT2D eigenvalue weighted by molar-refractivity contribution is -0.128. The number of hydrogen-bond acceptors (Lipinski definition) is 8. The van der Waals surface area contributed by atoms with E-state index in [1.54, 1.807) is 17.0 Å². The number of halogens is 1. The summed E-state index contributed by atoms with van der Waals surface area (Å²) >= 11 is 6.29. The van der Waals surface area contributed by atoms with Crippen molar-refractivity contribution in [2.75, 3.05) is 44.7 Å². The molecular weight excluding hydrogens is 454 g/mol. The van der Waals surface area contributed by atoms with E-state index >= 15 is 0 Å². The number of fused-ring (bicyclic) bond motifs is 1. The number of benzene rings is 1. The predicted molar refractivity (Wildman–Crippen MR) is 129 cm³/mol. The lowest BCUT2D eigenvalue weighted by atomic mass is 10.1. The van der Waals surface area contributed by atoms with Crippen LogP contribution in [0.4, 0.5) is 5.82 Å². The van der Waals surface area contributed by atoms with E-state index in [0.717, 1.165) is 19.4 Å². The van der Waals surface area contributed by atoms with Crippen LogP contribution < -0.4 is 9.64 Å². The van der Waals surface area contributed by atoms with Crippen molar-refractivity contribution in [1.82, 2.24) is 19.8 Å². The minimum atomic E-state index is -0.312. The molecule has 0 N–H and O–H groups in total. The van der Waals surface area contributed by atoms with E-state index in [-0.39, 0.29) is 24.4 Å². The van der Waals surface area contributed by atoms with E-state index in [1.807, 2.05) is 4.90 Å². The van der Waals surface area contributed by atoms with Crippen molar-refractivity contribution >= 4 is 34.2 Å². The Kier molecular flexibility index (Phi) is 7.16. The third-order valence-corrected chi connectivity index (χ3v) is 6.82. The number of likely N-dealkylation sites (tertiary alicyclic amines) is 1. The first kappa shape index (κ1) is 23.7. The quantitative estimate of drug-likeness (QED) is 0.582. The van der Waals surface area contributed by atoms with Gasteiger partial charge in [0.05, 0.1) is 34.6 Å². The molecule has 2 saturated heterocycles. The number of carbonyl (C=O) groups is 1. The largest absolute Gasteiger partial charge is 0.462 e. The smallest absolute Gasteiger partial charge is 0.319 e. The van der Waals surface area contributed by atoms with Crippen molar-refractivity contribution in [1.29, 1.82) is 10.5 Å². The number of carbonyl (C=O) groups excluding carboxylic acids is 1. The molecule has 176 valence electrons. The predicted octanol–water partition coefficient (Wildman–Crippen LogP) is 2.74. The summed E-state index contributed by atoms with van der Waals surface area (Å²) in [5.41, 5.74) is 0.902. The first-order chi connectivity index (χ1) is 16.4. The summed E-state index contributed by atoms with van der Waals surface area (Å²) < 4.78 is 6.02. The summed E-state index contributed by atoms with van der Waals surface area (Å²) in [6, 6.07) is 7.85. The summed E-state index contributed by atoms with van der Waals surface area (Å²) in [4.78, 5) is 27.5. The van der Waals surface area contributed by atoms with Crippen LogP contribution in [0, 0.1) is 22.7 Å². The summed E-state index contributed by atoms with van der Waals surface area (Å²) in [6.07, 6.45) is 3.65. The van der Waals surface area contributed by atoms with E-state index in [9.17, 15) is 15.3 Å². The number of nitriles is 2. The Hall–Kier alpha value is -3.40. The second-order valence-corrected chi connectivity index (χ2v) is 8.98. The summed E-state index contributed by atoms with van der Waals surface area (Å²) in [6.45, 7) is 6.43. The fourth-order valence-electron chi connectivity index (χ4n) is 4.60. The molecule has 2 fully saturated rings. The highest BCUT2D eigenvalue weighted by Gasteiger charge is 2.31. The lowest BCUT2D eigenvalue weighted by Gasteiger charge is -2.41. The van der Waals surface area contributed by atoms with Gasteiger partial charge in [0.1, 0.15) is 18.5 Å². The fourth-order valence-corrected chi connectivity index (χ4v) is 4.80. The molecule has 2 atom stereocenters. The summed E-state index contributed by atoms with van der Waals surface area (Å²) in [5, 5.41) is 19.8. The standard InChI is InChI=1S/C24H26ClN7O2/c1-3-22(33)32-10-9-31(14-17(32)6-7-26)23-19-11-16(13-27)20(25)12-21(19)28-24(29-23)34-15-18-5-4-8-30(18)2/h3,11-12,17-18H,1,4-6,8-10,14-15H2,2H3. The molecule has 9 nitrogen and oxygen atoms in total. The Bertz CT molecular complexity index is 1190. The Balaban J connectivity index is 1.70. The monoisotopic (exact) mass is 479 g/mol. The molecule has 1 aromatic carbocycles. The van der Waals surface area contributed by atoms with Crippen LogP contribution in [-0.4, -0.2) is 77.6 Å². The Morgan fingerprint density at radius 1 is 1.29 bits per heavy atom. The highest BCUT2D eigenvalue weighted by atomic mass is 35.5. The van der Waals surface area contributed by atoms with Gasteiger partial charge in [-0.25, -0.2) is 0 Å². The van der Waals surface area contributed by atoms with Gasteiger partial charge in [-0.2, -0.15) is 20.5 Å². The highest BCUT2D eigenvalue weighted by molar-refractivity contribution is 6.32. The molecule has 2 aliphatic rings. The second kappa shape index (κ2) is 10.3. The number of amides is 1. The van der Waals surface area contributed by atoms with Crippen LogP contribution in [0.3, 0.4) is 0 Å². The molecular formula is C24H26ClN7O2. The van der Waals surface area contributed by atoms with E-state index in [0.29, 0.717) is 59.6 Å². The molecule has 2 unspecified atom stereocenters. The second-order valence-electron chi connectivity index (χ2n) is 8.58. The van der Waals surface area contributed by atoms with Crippen LogP contribution in [0.5, 0.6) is 6.01 Å². The minimum absolute atomic E-state index is 0.186. The van der Waals surface area contributed by atoms with Gasteiger partial charge in [0.25, 0.3) is 0 Å². The number of piperazine rings is 1. The third-order valence-electron chi connectivity index (χ3n) is 6.51. The van der Waals surface area contributed by atoms with E-state index in [4.69, 9.17) is 21.3 Å². The topological polar surface area (TPSA) is 109 Å². The lowest BCUT2D eigenvalue weighted by Crippen LogP contribution is -2.55. The number of nitrogens with zero attached hydrogens (tertiary/aromatic N) is 7. The number of rotatable bonds is 6. The molecule has 0 bridgehead atoms. The average Bonchev–Trinajstić information content (AvgIpc) is 3.26. The first-order valence-electron chi connectivity index (χ1n) is 11.2. The molecule has 1 amide bonds. The molecule has 2 aromatic rings. The van der Waals surface area contributed by atoms with Gasteiger partial charge >= 0.3 is 6.01 Å². The molecule has 4 rings (SSSR count). The van der Waals surface area contributed by atoms with Gasteiger partial charge in [-0.05, 0) is 44.6 Å². The molecule has 10 heteroatoms. The fraction of sp³-hybridized carbons (Fsp3) is 0.458. The Labute approximate surface area is 203 Å². The number of hydrogen-bond donors (Lipinski definition) is 0. The van der Waals surface area contributed by atoms with Crippen LogP contribution in [-0.2, 0) is 4.79 Å². The van der Waals surface area contributed by atoms with Crippen LogP contribution in [0.25, 0.3) is 10.9 Å². The van der Waals surface area contributed by atoms with Crippen LogP contribution in [0.1, 0.15) is 24.8 Å². The Morgan fingerprint density at radius 2 is 2.12 bits per heavy atom. The van der Waals surface area contributed by atoms with E-state index < -0.39 is 0 Å². The normalized spacial score (nSPS) is 20.7. The van der Waals surface area contributed by atoms with E-state index in [2.05, 4.69) is 35.6 Å². The van der Waals surface area contributed by atoms with Gasteiger partial charge in [-0.15, -0.1) is 0 Å². The van der Waals surface area contributed by atoms with Gasteiger partial charge in [0.15, 0.2) is 0 Å². The minimum Gasteiger partial charge on any atom is -0.462 e. The van der Waals surface area contributed by atoms with Crippen molar-refractivity contribution in [2.45, 2.75) is 31.3 Å². The maximum absolute atomic E-state index is 12.3. The number of aromatic nitrogens is 2. The molecule has 34 heavy (non-hydrogen) atoms. The molecule has 0 aliphatic carbocycles. The zero-order valence-electron chi connectivity index (χ0n) is 19.1. The van der Waals surface area contributed by atoms with Gasteiger partial charge in [-0.1, -0.05) is 18.2 Å². The molecule has 2 aliphatic heterocycles. The van der Waals surface area contributed by atoms with Crippen molar-refractivity contribution < 1.29 is 9.53 Å². The van der Waals surface area contributed by atoms with Crippen molar-refractivity contribution in [3.8, 4) is 18.1 Å². The van der Waals surface area contributed by atoms with Crippen LogP contribution in [0.2, 0.25) is 5.02 Å². The van der Waals surface area contributed by atoms with Crippen molar-refractivity contribution in [3.05, 3.63) is 35.4 Å². The zero-order chi connectivity index (χ0) is 24.2. The average molecular weight is 480 g/mol. The van der Waals surface area contributed by atoms with Crippen molar-refractivity contribution in [3.63, 3.8) is 0 Å². The van der Waals surface area contributed by atoms with Crippen LogP contribution >= 0.6 is 11.6 Å². The number of anilines is 1. The summed E-state index contributed by atoms with van der Waals surface area (Å²) in [5.74, 6) is 0.400. The van der Waals surface area contributed by atoms with Crippen molar-refractivity contribution in [2.24, 2.45) is 0 Å². The van der Waals surface area contributed by atoms with Gasteiger partial charge in [0.2, 0.25) is 5.91 Å². The third kappa shape index (κ3) is 4.77. The first-order valence-corrected chi connectivity index (χ1v) is 11.6. The maximum Gasteiger partial charge on any atom is 0.319 e. The Morgan fingerprint density at radius 3 is 2.79 bits per heavy atom. The van der Waals surface area contributed by atoms with E-state index in [1.165, 1.54) is 6.08 Å². The molecule has 0 radical (unpaired) electrons. The van der Waals surface area contributed by atoms with Gasteiger partial charge in [-0.3, -0.25) is 4.79 Å². The maximum atomic E-state index is 12.3. The molecule has 3 heterocycles. The molecule has 0 spiro atoms. The zero-order valence-corrected chi connectivity index (χ0v) is 19.8.